The Balaban J connectivity index is 2.44. The van der Waals surface area contributed by atoms with E-state index in [0.717, 1.165) is 0 Å². The first-order valence-electron chi connectivity index (χ1n) is 7.91. The largest absolute Gasteiger partial charge is 0.479 e. The van der Waals surface area contributed by atoms with E-state index in [1.54, 1.807) is 0 Å². The second-order valence-electron chi connectivity index (χ2n) is 4.36. The Morgan fingerprint density at radius 1 is 1.05 bits per heavy atom. The molecule has 120 valence electrons. The van der Waals surface area contributed by atoms with Crippen molar-refractivity contribution in [2.24, 2.45) is 0 Å². The van der Waals surface area contributed by atoms with Crippen LogP contribution >= 0.6 is 0 Å². The van der Waals surface area contributed by atoms with Crippen LogP contribution in [0.4, 0.5) is 0 Å². The second-order valence-corrected chi connectivity index (χ2v) is 4.36. The van der Waals surface area contributed by atoms with Gasteiger partial charge in [0.25, 0.3) is 0 Å². The Morgan fingerprint density at radius 2 is 1.64 bits per heavy atom. The van der Waals surface area contributed by atoms with Gasteiger partial charge in [0.05, 0.1) is 11.0 Å². The monoisotopic (exact) mass is 318 g/mol. The van der Waals surface area contributed by atoms with Gasteiger partial charge in [0.15, 0.2) is 6.10 Å². The van der Waals surface area contributed by atoms with Crippen LogP contribution < -0.4 is 4.74 Å². The first-order valence-corrected chi connectivity index (χ1v) is 5.91. The molecular weight excluding hydrogens is 300 g/mol. The van der Waals surface area contributed by atoms with E-state index < -0.39 is 78.1 Å². The number of carboxylic acid groups (broad SMARTS) is 2. The Hall–Kier alpha value is -2.20. The van der Waals surface area contributed by atoms with E-state index in [-0.39, 0.29) is 0 Å². The third kappa shape index (κ3) is 3.17. The van der Waals surface area contributed by atoms with E-state index in [9.17, 15) is 24.9 Å². The molecule has 0 radical (unpaired) electrons. The summed E-state index contributed by atoms with van der Waals surface area (Å²) in [4.78, 5) is 22.1. The Kier molecular flexibility index (Phi) is 3.25. The van der Waals surface area contributed by atoms with Gasteiger partial charge in [-0.1, -0.05) is 0 Å². The minimum absolute atomic E-state index is 0.818. The van der Waals surface area contributed by atoms with E-state index in [2.05, 4.69) is 0 Å². The lowest BCUT2D eigenvalue weighted by Gasteiger charge is -2.38. The molecule has 22 heavy (non-hydrogen) atoms. The maximum atomic E-state index is 11.1. The molecule has 1 saturated heterocycles. The number of rotatable bonds is 4. The van der Waals surface area contributed by atoms with Crippen LogP contribution in [0.25, 0.3) is 0 Å². The third-order valence-corrected chi connectivity index (χ3v) is 2.86. The van der Waals surface area contributed by atoms with Crippen molar-refractivity contribution in [3.8, 4) is 5.75 Å². The molecule has 2 rings (SSSR count). The van der Waals surface area contributed by atoms with Gasteiger partial charge in [0.2, 0.25) is 6.29 Å². The predicted molar refractivity (Wildman–Crippen MR) is 68.3 cm³/mol. The first kappa shape index (κ1) is 11.4. The topological polar surface area (TPSA) is 154 Å². The number of ether oxygens (including phenoxy) is 2. The molecule has 0 amide bonds. The summed E-state index contributed by atoms with van der Waals surface area (Å²) in [6.07, 6.45) is -9.92. The fourth-order valence-corrected chi connectivity index (χ4v) is 1.73. The lowest BCUT2D eigenvalue weighted by atomic mass is 9.99. The van der Waals surface area contributed by atoms with Crippen molar-refractivity contribution in [2.45, 2.75) is 30.7 Å². The zero-order chi connectivity index (χ0) is 19.9. The smallest absolute Gasteiger partial charge is 0.335 e. The molecule has 1 aliphatic rings. The third-order valence-electron chi connectivity index (χ3n) is 2.86. The number of benzene rings is 1. The van der Waals surface area contributed by atoms with Crippen LogP contribution in [0, 0.1) is 0 Å². The molecule has 0 spiro atoms. The van der Waals surface area contributed by atoms with Crippen molar-refractivity contribution >= 4 is 11.9 Å². The van der Waals surface area contributed by atoms with Gasteiger partial charge in [-0.2, -0.15) is 0 Å². The molecule has 1 aliphatic heterocycles. The lowest BCUT2D eigenvalue weighted by Crippen LogP contribution is -2.61. The second kappa shape index (κ2) is 6.28. The molecule has 1 aromatic rings. The standard InChI is InChI=1S/C13H14O9/c14-7-8(15)10(12(19)20)22-13(9(7)16)21-6-3-1-5(2-4-6)11(17)18/h1-4,7-10,13-16H,(H,17,18)(H,19,20)/t7-,8-,9+,10-,13+/m0/s1/i1D,2D,3D,4D. The highest BCUT2D eigenvalue weighted by Gasteiger charge is 2.48. The number of aromatic carboxylic acids is 1. The predicted octanol–water partition coefficient (Wildman–Crippen LogP) is -1.34. The van der Waals surface area contributed by atoms with Gasteiger partial charge in [-0.15, -0.1) is 0 Å². The molecule has 0 unspecified atom stereocenters. The Morgan fingerprint density at radius 3 is 2.14 bits per heavy atom. The zero-order valence-electron chi connectivity index (χ0n) is 14.8. The summed E-state index contributed by atoms with van der Waals surface area (Å²) in [7, 11) is 0. The minimum atomic E-state index is -2.00. The molecule has 1 aromatic carbocycles. The van der Waals surface area contributed by atoms with E-state index in [4.69, 9.17) is 25.2 Å². The lowest BCUT2D eigenvalue weighted by molar-refractivity contribution is -0.271. The summed E-state index contributed by atoms with van der Waals surface area (Å²) in [5.74, 6) is -4.20. The van der Waals surface area contributed by atoms with Crippen LogP contribution in [0.3, 0.4) is 0 Å². The van der Waals surface area contributed by atoms with Crippen LogP contribution in [-0.4, -0.2) is 68.2 Å². The van der Waals surface area contributed by atoms with Gasteiger partial charge >= 0.3 is 11.9 Å². The molecule has 0 bridgehead atoms. The van der Waals surface area contributed by atoms with Gasteiger partial charge in [-0.3, -0.25) is 0 Å². The molecule has 0 aliphatic carbocycles. The Labute approximate surface area is 129 Å². The van der Waals surface area contributed by atoms with E-state index in [1.165, 1.54) is 0 Å². The van der Waals surface area contributed by atoms with Crippen molar-refractivity contribution in [1.29, 1.82) is 0 Å². The number of hydrogen-bond donors (Lipinski definition) is 5. The van der Waals surface area contributed by atoms with Crippen molar-refractivity contribution in [3.05, 3.63) is 29.7 Å². The number of aliphatic hydroxyl groups is 3. The number of carboxylic acids is 2. The van der Waals surface area contributed by atoms with Crippen LogP contribution in [0.15, 0.2) is 24.2 Å². The summed E-state index contributed by atoms with van der Waals surface area (Å²) in [6.45, 7) is 0. The van der Waals surface area contributed by atoms with E-state index in [1.807, 2.05) is 0 Å². The maximum Gasteiger partial charge on any atom is 0.335 e. The van der Waals surface area contributed by atoms with Gasteiger partial charge in [0.1, 0.15) is 24.1 Å². The van der Waals surface area contributed by atoms with Gasteiger partial charge in [-0.05, 0) is 24.2 Å². The fraction of sp³-hybridized carbons (Fsp3) is 0.385. The van der Waals surface area contributed by atoms with E-state index in [0.29, 0.717) is 0 Å². The highest BCUT2D eigenvalue weighted by atomic mass is 16.7. The molecule has 9 nitrogen and oxygen atoms in total. The summed E-state index contributed by atoms with van der Waals surface area (Å²) in [5.41, 5.74) is -0.906. The highest BCUT2D eigenvalue weighted by Crippen LogP contribution is 2.24. The summed E-state index contributed by atoms with van der Waals surface area (Å²) >= 11 is 0. The van der Waals surface area contributed by atoms with Crippen LogP contribution in [0.1, 0.15) is 15.8 Å². The normalized spacial score (nSPS) is 34.0. The van der Waals surface area contributed by atoms with Gasteiger partial charge < -0.3 is 35.0 Å². The molecule has 0 aromatic heterocycles. The molecule has 5 atom stereocenters. The molecule has 5 N–H and O–H groups in total. The maximum absolute atomic E-state index is 11.1. The highest BCUT2D eigenvalue weighted by molar-refractivity contribution is 5.87. The molecule has 1 fully saturated rings. The summed E-state index contributed by atoms with van der Waals surface area (Å²) < 4.78 is 40.5. The first-order chi connectivity index (χ1) is 12.0. The minimum Gasteiger partial charge on any atom is -0.479 e. The Bertz CT molecular complexity index is 727. The number of carbonyl (C=O) groups is 2. The SMILES string of the molecule is [2H]c1c([2H])c(C(=O)O)c([2H])c([2H])c1O[C@@H]1O[C@H](C(=O)O)[C@@H](O)[C@H](O)[C@H]1O. The summed E-state index contributed by atoms with van der Waals surface area (Å²) in [5, 5.41) is 47.1. The number of aliphatic carboxylic acids is 1. The van der Waals surface area contributed by atoms with Gasteiger partial charge in [0, 0.05) is 0 Å². The fourth-order valence-electron chi connectivity index (χ4n) is 1.73. The summed E-state index contributed by atoms with van der Waals surface area (Å²) in [6, 6.07) is -3.69. The van der Waals surface area contributed by atoms with E-state index >= 15 is 0 Å². The van der Waals surface area contributed by atoms with Crippen molar-refractivity contribution in [3.63, 3.8) is 0 Å². The van der Waals surface area contributed by atoms with Crippen molar-refractivity contribution in [2.75, 3.05) is 0 Å². The van der Waals surface area contributed by atoms with Crippen molar-refractivity contribution < 1.29 is 50.1 Å². The molecule has 0 saturated carbocycles. The average Bonchev–Trinajstić information content (AvgIpc) is 2.56. The van der Waals surface area contributed by atoms with Crippen molar-refractivity contribution in [1.82, 2.24) is 0 Å². The zero-order valence-corrected chi connectivity index (χ0v) is 10.8. The van der Waals surface area contributed by atoms with Crippen LogP contribution in [-0.2, 0) is 9.53 Å². The molecule has 1 heterocycles. The van der Waals surface area contributed by atoms with Crippen LogP contribution in [0.5, 0.6) is 5.75 Å². The number of aliphatic hydroxyl groups excluding tert-OH is 3. The van der Waals surface area contributed by atoms with Gasteiger partial charge in [-0.25, -0.2) is 9.59 Å². The quantitative estimate of drug-likeness (QED) is 0.453. The number of hydrogen-bond acceptors (Lipinski definition) is 7. The molecule has 9 heteroatoms. The average molecular weight is 318 g/mol. The van der Waals surface area contributed by atoms with Crippen LogP contribution in [0.2, 0.25) is 0 Å². The molecular formula is C13H14O9.